The Morgan fingerprint density at radius 3 is 2.60 bits per heavy atom. The Bertz CT molecular complexity index is 963. The van der Waals surface area contributed by atoms with E-state index in [-0.39, 0.29) is 5.89 Å². The van der Waals surface area contributed by atoms with Gasteiger partial charge in [0.15, 0.2) is 0 Å². The summed E-state index contributed by atoms with van der Waals surface area (Å²) in [6.07, 6.45) is -0.891. The molecule has 1 aromatic carbocycles. The molecule has 4 aromatic rings. The van der Waals surface area contributed by atoms with Crippen LogP contribution in [0, 0.1) is 0 Å². The molecule has 0 aliphatic carbocycles. The van der Waals surface area contributed by atoms with E-state index in [4.69, 9.17) is 4.42 Å². The molecular weight excluding hydrogens is 348 g/mol. The van der Waals surface area contributed by atoms with Crippen molar-refractivity contribution in [2.24, 2.45) is 0 Å². The first-order valence-corrected chi connectivity index (χ1v) is 8.22. The molecule has 25 heavy (non-hydrogen) atoms. The predicted octanol–water partition coefficient (Wildman–Crippen LogP) is 4.04. The lowest BCUT2D eigenvalue weighted by atomic mass is 10.1. The Hall–Kier alpha value is -2.94. The monoisotopic (exact) mass is 359 g/mol. The van der Waals surface area contributed by atoms with Gasteiger partial charge in [0, 0.05) is 5.56 Å². The summed E-state index contributed by atoms with van der Waals surface area (Å²) in [7, 11) is 0. The molecular formula is C16H11F2N5OS. The predicted molar refractivity (Wildman–Crippen MR) is 87.1 cm³/mol. The van der Waals surface area contributed by atoms with Gasteiger partial charge in [0.25, 0.3) is 5.89 Å². The summed E-state index contributed by atoms with van der Waals surface area (Å²) >= 11 is 1.61. The Morgan fingerprint density at radius 2 is 1.92 bits per heavy atom. The van der Waals surface area contributed by atoms with Gasteiger partial charge in [-0.15, -0.1) is 26.6 Å². The highest BCUT2D eigenvalue weighted by molar-refractivity contribution is 7.13. The highest BCUT2D eigenvalue weighted by Gasteiger charge is 2.16. The van der Waals surface area contributed by atoms with Gasteiger partial charge in [0.05, 0.1) is 17.6 Å². The highest BCUT2D eigenvalue weighted by atomic mass is 32.1. The summed E-state index contributed by atoms with van der Waals surface area (Å²) in [5.41, 5.74) is 2.40. The fourth-order valence-electron chi connectivity index (χ4n) is 2.29. The first-order valence-electron chi connectivity index (χ1n) is 7.34. The van der Waals surface area contributed by atoms with Crippen molar-refractivity contribution in [3.05, 3.63) is 59.4 Å². The third-order valence-corrected chi connectivity index (χ3v) is 4.38. The van der Waals surface area contributed by atoms with Gasteiger partial charge in [0.2, 0.25) is 5.89 Å². The number of halogens is 2. The van der Waals surface area contributed by atoms with E-state index >= 15 is 0 Å². The fraction of sp³-hybridized carbons (Fsp3) is 0.125. The Kier molecular flexibility index (Phi) is 4.06. The van der Waals surface area contributed by atoms with Crippen LogP contribution < -0.4 is 0 Å². The van der Waals surface area contributed by atoms with Crippen LogP contribution >= 0.6 is 11.3 Å². The van der Waals surface area contributed by atoms with Gasteiger partial charge >= 0.3 is 6.43 Å². The normalized spacial score (nSPS) is 11.3. The van der Waals surface area contributed by atoms with Crippen molar-refractivity contribution in [2.45, 2.75) is 13.0 Å². The average Bonchev–Trinajstić information content (AvgIpc) is 3.36. The van der Waals surface area contributed by atoms with Crippen LogP contribution in [0.4, 0.5) is 8.78 Å². The topological polar surface area (TPSA) is 69.6 Å². The largest absolute Gasteiger partial charge is 0.415 e. The van der Waals surface area contributed by atoms with Crippen molar-refractivity contribution in [1.29, 1.82) is 0 Å². The van der Waals surface area contributed by atoms with Crippen LogP contribution in [0.3, 0.4) is 0 Å². The lowest BCUT2D eigenvalue weighted by molar-refractivity contribution is 0.116. The first-order chi connectivity index (χ1) is 12.2. The van der Waals surface area contributed by atoms with E-state index in [0.717, 1.165) is 16.1 Å². The molecule has 0 unspecified atom stereocenters. The molecule has 3 aromatic heterocycles. The third-order valence-electron chi connectivity index (χ3n) is 3.49. The second-order valence-corrected chi connectivity index (χ2v) is 6.17. The second kappa shape index (κ2) is 6.52. The molecule has 0 N–H and O–H groups in total. The molecule has 0 fully saturated rings. The summed E-state index contributed by atoms with van der Waals surface area (Å²) < 4.78 is 31.7. The lowest BCUT2D eigenvalue weighted by Gasteiger charge is -2.01. The Labute approximate surface area is 144 Å². The van der Waals surface area contributed by atoms with Crippen molar-refractivity contribution >= 4 is 11.3 Å². The van der Waals surface area contributed by atoms with Crippen molar-refractivity contribution in [2.75, 3.05) is 0 Å². The molecule has 0 radical (unpaired) electrons. The minimum absolute atomic E-state index is 0.0718. The number of alkyl halides is 2. The van der Waals surface area contributed by atoms with Gasteiger partial charge in [-0.25, -0.2) is 4.68 Å². The molecule has 0 bridgehead atoms. The zero-order valence-electron chi connectivity index (χ0n) is 12.7. The molecule has 6 nitrogen and oxygen atoms in total. The number of aromatic nitrogens is 5. The molecule has 0 aliphatic heterocycles. The van der Waals surface area contributed by atoms with Crippen LogP contribution in [-0.4, -0.2) is 25.2 Å². The van der Waals surface area contributed by atoms with Gasteiger partial charge in [-0.3, -0.25) is 0 Å². The SMILES string of the molecule is FC(F)c1nnc(-c2ccc(Cn3cc(-c4cccs4)nn3)cc2)o1. The van der Waals surface area contributed by atoms with E-state index in [1.165, 1.54) is 0 Å². The molecule has 3 heterocycles. The third kappa shape index (κ3) is 3.31. The van der Waals surface area contributed by atoms with Gasteiger partial charge < -0.3 is 4.42 Å². The summed E-state index contributed by atoms with van der Waals surface area (Å²) in [5.74, 6) is -0.606. The van der Waals surface area contributed by atoms with Gasteiger partial charge in [0.1, 0.15) is 5.69 Å². The average molecular weight is 359 g/mol. The molecule has 0 saturated heterocycles. The molecule has 0 aliphatic rings. The standard InChI is InChI=1S/C16H11F2N5OS/c17-14(18)16-21-20-15(24-16)11-5-3-10(4-6-11)8-23-9-12(19-22-23)13-2-1-7-25-13/h1-7,9,14H,8H2. The molecule has 126 valence electrons. The van der Waals surface area contributed by atoms with Gasteiger partial charge in [-0.1, -0.05) is 23.4 Å². The van der Waals surface area contributed by atoms with E-state index in [1.807, 2.05) is 35.8 Å². The van der Waals surface area contributed by atoms with E-state index in [9.17, 15) is 8.78 Å². The van der Waals surface area contributed by atoms with Crippen LogP contribution in [0.5, 0.6) is 0 Å². The van der Waals surface area contributed by atoms with E-state index in [2.05, 4.69) is 20.5 Å². The number of hydrogen-bond donors (Lipinski definition) is 0. The first kappa shape index (κ1) is 15.6. The zero-order chi connectivity index (χ0) is 17.2. The van der Waals surface area contributed by atoms with Crippen molar-refractivity contribution in [3.8, 4) is 22.0 Å². The van der Waals surface area contributed by atoms with Crippen LogP contribution in [0.15, 0.2) is 52.4 Å². The molecule has 0 saturated carbocycles. The quantitative estimate of drug-likeness (QED) is 0.538. The second-order valence-electron chi connectivity index (χ2n) is 5.22. The van der Waals surface area contributed by atoms with Crippen LogP contribution in [0.25, 0.3) is 22.0 Å². The highest BCUT2D eigenvalue weighted by Crippen LogP contribution is 2.24. The molecule has 0 atom stereocenters. The van der Waals surface area contributed by atoms with Crippen LogP contribution in [0.1, 0.15) is 17.9 Å². The summed E-state index contributed by atoms with van der Waals surface area (Å²) in [6, 6.07) is 11.2. The minimum Gasteiger partial charge on any atom is -0.415 e. The maximum absolute atomic E-state index is 12.5. The van der Waals surface area contributed by atoms with Gasteiger partial charge in [-0.05, 0) is 29.1 Å². The molecule has 0 spiro atoms. The number of rotatable bonds is 5. The van der Waals surface area contributed by atoms with Crippen molar-refractivity contribution in [3.63, 3.8) is 0 Å². The smallest absolute Gasteiger partial charge is 0.314 e. The summed E-state index contributed by atoms with van der Waals surface area (Å²) in [4.78, 5) is 1.06. The Morgan fingerprint density at radius 1 is 1.08 bits per heavy atom. The number of thiophene rings is 1. The van der Waals surface area contributed by atoms with E-state index in [1.54, 1.807) is 28.2 Å². The molecule has 4 rings (SSSR count). The fourth-order valence-corrected chi connectivity index (χ4v) is 2.97. The van der Waals surface area contributed by atoms with Crippen molar-refractivity contribution < 1.29 is 13.2 Å². The lowest BCUT2D eigenvalue weighted by Crippen LogP contribution is -2.00. The van der Waals surface area contributed by atoms with Gasteiger partial charge in [-0.2, -0.15) is 8.78 Å². The number of benzene rings is 1. The number of nitrogens with zero attached hydrogens (tertiary/aromatic N) is 5. The maximum atomic E-state index is 12.5. The Balaban J connectivity index is 1.48. The van der Waals surface area contributed by atoms with E-state index in [0.29, 0.717) is 12.1 Å². The maximum Gasteiger partial charge on any atom is 0.314 e. The van der Waals surface area contributed by atoms with Crippen LogP contribution in [-0.2, 0) is 6.54 Å². The van der Waals surface area contributed by atoms with Crippen molar-refractivity contribution in [1.82, 2.24) is 25.2 Å². The summed E-state index contributed by atoms with van der Waals surface area (Å²) in [5, 5.41) is 17.2. The minimum atomic E-state index is -2.77. The summed E-state index contributed by atoms with van der Waals surface area (Å²) in [6.45, 7) is 0.546. The van der Waals surface area contributed by atoms with Crippen LogP contribution in [0.2, 0.25) is 0 Å². The number of hydrogen-bond acceptors (Lipinski definition) is 6. The van der Waals surface area contributed by atoms with E-state index < -0.39 is 12.3 Å². The zero-order valence-corrected chi connectivity index (χ0v) is 13.5. The molecule has 9 heteroatoms. The molecule has 0 amide bonds.